The normalized spacial score (nSPS) is 10.1. The van der Waals surface area contributed by atoms with E-state index in [-0.39, 0.29) is 0 Å². The van der Waals surface area contributed by atoms with Crippen LogP contribution in [0.4, 0.5) is 11.5 Å². The first-order chi connectivity index (χ1) is 7.75. The van der Waals surface area contributed by atoms with Crippen molar-refractivity contribution in [2.24, 2.45) is 0 Å². The zero-order valence-electron chi connectivity index (χ0n) is 8.52. The van der Waals surface area contributed by atoms with Gasteiger partial charge >= 0.3 is 0 Å². The lowest BCUT2D eigenvalue weighted by Crippen LogP contribution is -2.04. The van der Waals surface area contributed by atoms with E-state index in [4.69, 9.17) is 5.73 Å². The Morgan fingerprint density at radius 3 is 2.69 bits per heavy atom. The van der Waals surface area contributed by atoms with Crippen LogP contribution >= 0.6 is 15.9 Å². The Balaban J connectivity index is 2.02. The van der Waals surface area contributed by atoms with E-state index in [0.717, 1.165) is 4.47 Å². The zero-order valence-corrected chi connectivity index (χ0v) is 10.1. The van der Waals surface area contributed by atoms with Gasteiger partial charge in [-0.2, -0.15) is 0 Å². The summed E-state index contributed by atoms with van der Waals surface area (Å²) in [5.41, 5.74) is 7.44. The Hall–Kier alpha value is -1.62. The third kappa shape index (κ3) is 2.70. The molecule has 1 aromatic carbocycles. The first-order valence-corrected chi connectivity index (χ1v) is 5.59. The molecule has 0 aliphatic carbocycles. The number of nitrogen functional groups attached to an aromatic ring is 1. The van der Waals surface area contributed by atoms with Gasteiger partial charge in [-0.05, 0) is 17.7 Å². The molecule has 0 amide bonds. The second kappa shape index (κ2) is 4.94. The molecule has 2 rings (SSSR count). The van der Waals surface area contributed by atoms with Gasteiger partial charge in [0.15, 0.2) is 5.82 Å². The van der Waals surface area contributed by atoms with Crippen molar-refractivity contribution < 1.29 is 0 Å². The highest BCUT2D eigenvalue weighted by molar-refractivity contribution is 9.10. The van der Waals surface area contributed by atoms with Crippen LogP contribution in [0, 0.1) is 0 Å². The lowest BCUT2D eigenvalue weighted by atomic mass is 10.2. The molecule has 0 radical (unpaired) electrons. The van der Waals surface area contributed by atoms with Gasteiger partial charge in [-0.25, -0.2) is 9.97 Å². The van der Waals surface area contributed by atoms with Crippen LogP contribution in [0.1, 0.15) is 5.56 Å². The molecule has 0 saturated heterocycles. The molecule has 1 aromatic heterocycles. The number of nitrogens with one attached hydrogen (secondary N) is 1. The Bertz CT molecular complexity index is 470. The Morgan fingerprint density at radius 2 is 2.00 bits per heavy atom. The van der Waals surface area contributed by atoms with E-state index in [1.165, 1.54) is 11.9 Å². The van der Waals surface area contributed by atoms with E-state index in [0.29, 0.717) is 18.1 Å². The van der Waals surface area contributed by atoms with Crippen LogP contribution in [0.3, 0.4) is 0 Å². The van der Waals surface area contributed by atoms with E-state index in [2.05, 4.69) is 31.2 Å². The van der Waals surface area contributed by atoms with Crippen LogP contribution in [-0.4, -0.2) is 9.97 Å². The zero-order chi connectivity index (χ0) is 11.4. The summed E-state index contributed by atoms with van der Waals surface area (Å²) in [4.78, 5) is 7.88. The van der Waals surface area contributed by atoms with E-state index in [1.54, 1.807) is 6.20 Å². The largest absolute Gasteiger partial charge is 0.394 e. The first kappa shape index (κ1) is 10.9. The van der Waals surface area contributed by atoms with E-state index < -0.39 is 0 Å². The number of aromatic nitrogens is 2. The number of hydrogen-bond acceptors (Lipinski definition) is 4. The molecule has 3 N–H and O–H groups in total. The van der Waals surface area contributed by atoms with Crippen molar-refractivity contribution in [3.05, 3.63) is 46.8 Å². The molecule has 4 nitrogen and oxygen atoms in total. The average molecular weight is 279 g/mol. The lowest BCUT2D eigenvalue weighted by molar-refractivity contribution is 1.08. The highest BCUT2D eigenvalue weighted by atomic mass is 79.9. The minimum absolute atomic E-state index is 0.555. The van der Waals surface area contributed by atoms with Gasteiger partial charge in [-0.3, -0.25) is 0 Å². The van der Waals surface area contributed by atoms with Crippen LogP contribution in [0.5, 0.6) is 0 Å². The van der Waals surface area contributed by atoms with E-state index in [9.17, 15) is 0 Å². The van der Waals surface area contributed by atoms with Crippen LogP contribution in [0.15, 0.2) is 41.3 Å². The van der Waals surface area contributed by atoms with Gasteiger partial charge in [0.25, 0.3) is 0 Å². The van der Waals surface area contributed by atoms with Crippen molar-refractivity contribution in [1.82, 2.24) is 9.97 Å². The van der Waals surface area contributed by atoms with Gasteiger partial charge in [0.2, 0.25) is 0 Å². The molecule has 1 heterocycles. The SMILES string of the molecule is Nc1cncnc1NCc1ccc(Br)cc1. The fourth-order valence-electron chi connectivity index (χ4n) is 1.28. The van der Waals surface area contributed by atoms with E-state index >= 15 is 0 Å². The number of rotatable bonds is 3. The Morgan fingerprint density at radius 1 is 1.25 bits per heavy atom. The van der Waals surface area contributed by atoms with Crippen LogP contribution < -0.4 is 11.1 Å². The van der Waals surface area contributed by atoms with Crippen LogP contribution in [0.25, 0.3) is 0 Å². The number of anilines is 2. The second-order valence-electron chi connectivity index (χ2n) is 3.31. The second-order valence-corrected chi connectivity index (χ2v) is 4.22. The first-order valence-electron chi connectivity index (χ1n) is 4.79. The van der Waals surface area contributed by atoms with Gasteiger partial charge in [0.1, 0.15) is 6.33 Å². The predicted molar refractivity (Wildman–Crippen MR) is 67.9 cm³/mol. The van der Waals surface area contributed by atoms with Crippen molar-refractivity contribution in [2.45, 2.75) is 6.54 Å². The molecule has 16 heavy (non-hydrogen) atoms. The van der Waals surface area contributed by atoms with E-state index in [1.807, 2.05) is 24.3 Å². The maximum Gasteiger partial charge on any atom is 0.152 e. The average Bonchev–Trinajstić information content (AvgIpc) is 2.30. The molecule has 0 fully saturated rings. The molecule has 0 bridgehead atoms. The standard InChI is InChI=1S/C11H11BrN4/c12-9-3-1-8(2-4-9)5-15-11-10(13)6-14-7-16-11/h1-4,6-7H,5,13H2,(H,14,15,16). The van der Waals surface area contributed by atoms with Crippen molar-refractivity contribution >= 4 is 27.4 Å². The maximum absolute atomic E-state index is 5.71. The van der Waals surface area contributed by atoms with Crippen LogP contribution in [-0.2, 0) is 6.54 Å². The minimum Gasteiger partial charge on any atom is -0.394 e. The predicted octanol–water partition coefficient (Wildman–Crippen LogP) is 2.43. The summed E-state index contributed by atoms with van der Waals surface area (Å²) >= 11 is 3.39. The summed E-state index contributed by atoms with van der Waals surface area (Å²) in [6.45, 7) is 0.689. The number of nitrogens with zero attached hydrogens (tertiary/aromatic N) is 2. The van der Waals surface area contributed by atoms with Crippen molar-refractivity contribution in [1.29, 1.82) is 0 Å². The molecule has 2 aromatic rings. The summed E-state index contributed by atoms with van der Waals surface area (Å²) in [5, 5.41) is 3.16. The summed E-state index contributed by atoms with van der Waals surface area (Å²) in [5.74, 6) is 0.665. The molecule has 5 heteroatoms. The summed E-state index contributed by atoms with van der Waals surface area (Å²) in [6.07, 6.45) is 3.05. The van der Waals surface area contributed by atoms with Crippen molar-refractivity contribution in [3.63, 3.8) is 0 Å². The molecular formula is C11H11BrN4. The number of hydrogen-bond donors (Lipinski definition) is 2. The molecule has 0 aliphatic heterocycles. The molecule has 82 valence electrons. The topological polar surface area (TPSA) is 63.8 Å². The maximum atomic E-state index is 5.71. The lowest BCUT2D eigenvalue weighted by Gasteiger charge is -2.07. The van der Waals surface area contributed by atoms with Gasteiger partial charge in [-0.1, -0.05) is 28.1 Å². The Kier molecular flexibility index (Phi) is 3.36. The molecule has 0 unspecified atom stereocenters. The summed E-state index contributed by atoms with van der Waals surface area (Å²) in [7, 11) is 0. The monoisotopic (exact) mass is 278 g/mol. The number of halogens is 1. The fourth-order valence-corrected chi connectivity index (χ4v) is 1.54. The molecule has 0 spiro atoms. The third-order valence-electron chi connectivity index (χ3n) is 2.11. The molecule has 0 aliphatic rings. The summed E-state index contributed by atoms with van der Waals surface area (Å²) < 4.78 is 1.07. The fraction of sp³-hybridized carbons (Fsp3) is 0.0909. The number of benzene rings is 1. The molecule has 0 saturated carbocycles. The van der Waals surface area contributed by atoms with Gasteiger partial charge < -0.3 is 11.1 Å². The quantitative estimate of drug-likeness (QED) is 0.905. The number of nitrogens with two attached hydrogens (primary N) is 1. The van der Waals surface area contributed by atoms with Crippen LogP contribution in [0.2, 0.25) is 0 Å². The highest BCUT2D eigenvalue weighted by Crippen LogP contribution is 2.14. The van der Waals surface area contributed by atoms with Crippen molar-refractivity contribution in [2.75, 3.05) is 11.1 Å². The van der Waals surface area contributed by atoms with Gasteiger partial charge in [-0.15, -0.1) is 0 Å². The smallest absolute Gasteiger partial charge is 0.152 e. The van der Waals surface area contributed by atoms with Crippen molar-refractivity contribution in [3.8, 4) is 0 Å². The minimum atomic E-state index is 0.555. The Labute approximate surface area is 102 Å². The summed E-state index contributed by atoms with van der Waals surface area (Å²) in [6, 6.07) is 8.07. The third-order valence-corrected chi connectivity index (χ3v) is 2.64. The van der Waals surface area contributed by atoms with Gasteiger partial charge in [0, 0.05) is 11.0 Å². The highest BCUT2D eigenvalue weighted by Gasteiger charge is 1.99. The molecular weight excluding hydrogens is 268 g/mol. The van der Waals surface area contributed by atoms with Gasteiger partial charge in [0.05, 0.1) is 11.9 Å². The molecule has 0 atom stereocenters.